The molecule has 1 saturated heterocycles. The fourth-order valence-electron chi connectivity index (χ4n) is 3.32. The van der Waals surface area contributed by atoms with Gasteiger partial charge < -0.3 is 15.8 Å². The van der Waals surface area contributed by atoms with E-state index in [9.17, 15) is 4.79 Å². The molecule has 2 aromatic carbocycles. The van der Waals surface area contributed by atoms with Crippen LogP contribution in [0.1, 0.15) is 18.4 Å². The molecule has 132 valence electrons. The second kappa shape index (κ2) is 7.68. The number of nitrogens with zero attached hydrogens (tertiary/aromatic N) is 1. The third-order valence-electron chi connectivity index (χ3n) is 4.91. The lowest BCUT2D eigenvalue weighted by atomic mass is 9.95. The fraction of sp³-hybridized carbons (Fsp3) is 0.350. The molecule has 0 spiro atoms. The highest BCUT2D eigenvalue weighted by molar-refractivity contribution is 5.94. The number of nitrogens with two attached hydrogens (primary N) is 1. The van der Waals surface area contributed by atoms with E-state index >= 15 is 0 Å². The lowest BCUT2D eigenvalue weighted by Crippen LogP contribution is -2.41. The van der Waals surface area contributed by atoms with Gasteiger partial charge in [0.1, 0.15) is 5.75 Å². The first kappa shape index (κ1) is 17.5. The molecule has 5 heteroatoms. The predicted molar refractivity (Wildman–Crippen MR) is 99.8 cm³/mol. The number of hydrogen-bond acceptors (Lipinski definition) is 4. The second-order valence-electron chi connectivity index (χ2n) is 6.53. The Balaban J connectivity index is 1.62. The van der Waals surface area contributed by atoms with Gasteiger partial charge in [0.05, 0.1) is 13.2 Å². The highest BCUT2D eigenvalue weighted by atomic mass is 16.5. The zero-order valence-corrected chi connectivity index (χ0v) is 14.7. The summed E-state index contributed by atoms with van der Waals surface area (Å²) in [6, 6.07) is 17.4. The number of amides is 1. The summed E-state index contributed by atoms with van der Waals surface area (Å²) in [6.45, 7) is 3.44. The molecule has 1 fully saturated rings. The van der Waals surface area contributed by atoms with Crippen LogP contribution in [0.15, 0.2) is 54.6 Å². The van der Waals surface area contributed by atoms with Crippen molar-refractivity contribution in [3.63, 3.8) is 0 Å². The number of hydrogen-bond donors (Lipinski definition) is 2. The van der Waals surface area contributed by atoms with E-state index in [0.29, 0.717) is 0 Å². The molecular formula is C20H25N3O2. The molecule has 3 N–H and O–H groups in total. The van der Waals surface area contributed by atoms with Gasteiger partial charge in [-0.2, -0.15) is 0 Å². The molecule has 0 aliphatic carbocycles. The van der Waals surface area contributed by atoms with Crippen molar-refractivity contribution in [1.29, 1.82) is 0 Å². The van der Waals surface area contributed by atoms with E-state index in [0.717, 1.165) is 24.5 Å². The van der Waals surface area contributed by atoms with Crippen molar-refractivity contribution in [3.05, 3.63) is 60.2 Å². The van der Waals surface area contributed by atoms with Crippen LogP contribution in [0.5, 0.6) is 5.75 Å². The van der Waals surface area contributed by atoms with Crippen LogP contribution in [-0.4, -0.2) is 43.1 Å². The molecule has 3 rings (SSSR count). The van der Waals surface area contributed by atoms with Gasteiger partial charge in [-0.25, -0.2) is 0 Å². The summed E-state index contributed by atoms with van der Waals surface area (Å²) in [5.41, 5.74) is 8.34. The molecule has 25 heavy (non-hydrogen) atoms. The monoisotopic (exact) mass is 339 g/mol. The molecule has 0 saturated carbocycles. The van der Waals surface area contributed by atoms with Crippen LogP contribution >= 0.6 is 0 Å². The lowest BCUT2D eigenvalue weighted by molar-refractivity contribution is -0.120. The number of likely N-dealkylation sites (tertiary alicyclic amines) is 1. The van der Waals surface area contributed by atoms with E-state index in [1.54, 1.807) is 7.11 Å². The first-order valence-electron chi connectivity index (χ1n) is 8.58. The molecule has 2 aromatic rings. The number of anilines is 1. The Morgan fingerprint density at radius 1 is 1.16 bits per heavy atom. The number of carbonyl (C=O) groups excluding carboxylic acids is 1. The van der Waals surface area contributed by atoms with Crippen LogP contribution < -0.4 is 15.8 Å². The smallest absolute Gasteiger partial charge is 0.241 e. The largest absolute Gasteiger partial charge is 0.497 e. The van der Waals surface area contributed by atoms with Gasteiger partial charge >= 0.3 is 0 Å². The topological polar surface area (TPSA) is 67.6 Å². The second-order valence-corrected chi connectivity index (χ2v) is 6.53. The van der Waals surface area contributed by atoms with E-state index < -0.39 is 0 Å². The number of benzene rings is 2. The Hall–Kier alpha value is -2.37. The van der Waals surface area contributed by atoms with Crippen molar-refractivity contribution < 1.29 is 9.53 Å². The minimum Gasteiger partial charge on any atom is -0.497 e. The summed E-state index contributed by atoms with van der Waals surface area (Å²) >= 11 is 0. The SMILES string of the molecule is COc1ccc(NC(=O)C(C)N2C[C@@H](N)[C@H](c3ccccc3)C2)cc1. The summed E-state index contributed by atoms with van der Waals surface area (Å²) in [5.74, 6) is 1.01. The molecule has 1 heterocycles. The summed E-state index contributed by atoms with van der Waals surface area (Å²) in [7, 11) is 1.62. The maximum atomic E-state index is 12.6. The zero-order valence-electron chi connectivity index (χ0n) is 14.7. The normalized spacial score (nSPS) is 21.7. The molecule has 0 radical (unpaired) electrons. The number of ether oxygens (including phenoxy) is 1. The third kappa shape index (κ3) is 4.00. The van der Waals surface area contributed by atoms with Gasteiger partial charge in [-0.05, 0) is 36.8 Å². The summed E-state index contributed by atoms with van der Waals surface area (Å²) in [5, 5.41) is 2.96. The maximum absolute atomic E-state index is 12.6. The Labute approximate surface area is 148 Å². The van der Waals surface area contributed by atoms with E-state index in [4.69, 9.17) is 10.5 Å². The number of rotatable bonds is 5. The highest BCUT2D eigenvalue weighted by Gasteiger charge is 2.35. The van der Waals surface area contributed by atoms with Crippen molar-refractivity contribution in [2.75, 3.05) is 25.5 Å². The minimum absolute atomic E-state index is 0.0221. The zero-order chi connectivity index (χ0) is 17.8. The van der Waals surface area contributed by atoms with Crippen LogP contribution in [-0.2, 0) is 4.79 Å². The summed E-state index contributed by atoms with van der Waals surface area (Å²) in [4.78, 5) is 14.7. The van der Waals surface area contributed by atoms with Crippen molar-refractivity contribution in [2.24, 2.45) is 5.73 Å². The van der Waals surface area contributed by atoms with Gasteiger partial charge in [0.25, 0.3) is 0 Å². The van der Waals surface area contributed by atoms with Crippen LogP contribution in [0.25, 0.3) is 0 Å². The molecule has 3 atom stereocenters. The van der Waals surface area contributed by atoms with Gasteiger partial charge in [0.2, 0.25) is 5.91 Å². The van der Waals surface area contributed by atoms with Gasteiger partial charge in [-0.1, -0.05) is 30.3 Å². The van der Waals surface area contributed by atoms with E-state index in [1.807, 2.05) is 49.4 Å². The Bertz CT molecular complexity index is 703. The van der Waals surface area contributed by atoms with Crippen LogP contribution in [0.3, 0.4) is 0 Å². The van der Waals surface area contributed by atoms with E-state index in [1.165, 1.54) is 5.56 Å². The van der Waals surface area contributed by atoms with Crippen molar-refractivity contribution in [3.8, 4) is 5.75 Å². The fourth-order valence-corrected chi connectivity index (χ4v) is 3.32. The molecular weight excluding hydrogens is 314 g/mol. The Morgan fingerprint density at radius 3 is 2.48 bits per heavy atom. The highest BCUT2D eigenvalue weighted by Crippen LogP contribution is 2.28. The van der Waals surface area contributed by atoms with Crippen molar-refractivity contribution in [2.45, 2.75) is 24.9 Å². The van der Waals surface area contributed by atoms with Gasteiger partial charge in [-0.3, -0.25) is 9.69 Å². The minimum atomic E-state index is -0.234. The van der Waals surface area contributed by atoms with Crippen LogP contribution in [0, 0.1) is 0 Å². The lowest BCUT2D eigenvalue weighted by Gasteiger charge is -2.23. The van der Waals surface area contributed by atoms with Crippen LogP contribution in [0.4, 0.5) is 5.69 Å². The Kier molecular flexibility index (Phi) is 5.36. The number of carbonyl (C=O) groups is 1. The Morgan fingerprint density at radius 2 is 1.84 bits per heavy atom. The number of methoxy groups -OCH3 is 1. The quantitative estimate of drug-likeness (QED) is 0.878. The molecule has 1 amide bonds. The predicted octanol–water partition coefficient (Wildman–Crippen LogP) is 2.45. The average Bonchev–Trinajstić information content (AvgIpc) is 3.04. The number of nitrogens with one attached hydrogen (secondary N) is 1. The third-order valence-corrected chi connectivity index (χ3v) is 4.91. The molecule has 0 bridgehead atoms. The average molecular weight is 339 g/mol. The molecule has 0 aromatic heterocycles. The molecule has 1 aliphatic heterocycles. The van der Waals surface area contributed by atoms with Gasteiger partial charge in [0, 0.05) is 30.7 Å². The van der Waals surface area contributed by atoms with Gasteiger partial charge in [-0.15, -0.1) is 0 Å². The summed E-state index contributed by atoms with van der Waals surface area (Å²) < 4.78 is 5.13. The molecule has 1 unspecified atom stereocenters. The molecule has 5 nitrogen and oxygen atoms in total. The summed E-state index contributed by atoms with van der Waals surface area (Å²) in [6.07, 6.45) is 0. The van der Waals surface area contributed by atoms with Crippen molar-refractivity contribution >= 4 is 11.6 Å². The maximum Gasteiger partial charge on any atom is 0.241 e. The molecule has 1 aliphatic rings. The van der Waals surface area contributed by atoms with E-state index in [2.05, 4.69) is 22.3 Å². The van der Waals surface area contributed by atoms with Crippen LogP contribution in [0.2, 0.25) is 0 Å². The first-order valence-corrected chi connectivity index (χ1v) is 8.58. The van der Waals surface area contributed by atoms with E-state index in [-0.39, 0.29) is 23.9 Å². The van der Waals surface area contributed by atoms with Crippen molar-refractivity contribution in [1.82, 2.24) is 4.90 Å². The standard InChI is InChI=1S/C20H25N3O2/c1-14(20(24)22-16-8-10-17(25-2)11-9-16)23-12-18(19(21)13-23)15-6-4-3-5-7-15/h3-11,14,18-19H,12-13,21H2,1-2H3,(H,22,24)/t14?,18-,19+/m0/s1. The van der Waals surface area contributed by atoms with Gasteiger partial charge in [0.15, 0.2) is 0 Å². The first-order chi connectivity index (χ1) is 12.1.